The van der Waals surface area contributed by atoms with Crippen molar-refractivity contribution in [2.24, 2.45) is 5.73 Å². The lowest BCUT2D eigenvalue weighted by atomic mass is 10.1. The lowest BCUT2D eigenvalue weighted by Crippen LogP contribution is -2.16. The first-order chi connectivity index (χ1) is 6.91. The molecular weight excluding hydrogens is 305 g/mol. The molecule has 1 aromatic rings. The van der Waals surface area contributed by atoms with Crippen LogP contribution in [-0.4, -0.2) is 11.7 Å². The summed E-state index contributed by atoms with van der Waals surface area (Å²) in [5, 5.41) is 0.602. The summed E-state index contributed by atoms with van der Waals surface area (Å²) in [5.41, 5.74) is 5.14. The van der Waals surface area contributed by atoms with Gasteiger partial charge in [0.15, 0.2) is 5.78 Å². The van der Waals surface area contributed by atoms with E-state index in [2.05, 4.69) is 15.9 Å². The fraction of sp³-hybridized carbons (Fsp3) is 0.111. The highest BCUT2D eigenvalue weighted by molar-refractivity contribution is 9.10. The van der Waals surface area contributed by atoms with Crippen LogP contribution in [0.3, 0.4) is 0 Å². The third-order valence-corrected chi connectivity index (χ3v) is 3.15. The van der Waals surface area contributed by atoms with Gasteiger partial charge < -0.3 is 5.73 Å². The molecular formula is C9H6BrCl2NO2. The number of carbonyl (C=O) groups excluding carboxylic acids is 2. The minimum atomic E-state index is -0.692. The van der Waals surface area contributed by atoms with Gasteiger partial charge in [-0.2, -0.15) is 0 Å². The molecule has 0 aliphatic heterocycles. The molecule has 0 saturated carbocycles. The predicted octanol–water partition coefficient (Wildman–Crippen LogP) is 2.81. The Labute approximate surface area is 105 Å². The Bertz CT molecular complexity index is 434. The van der Waals surface area contributed by atoms with Crippen LogP contribution in [0.4, 0.5) is 0 Å². The van der Waals surface area contributed by atoms with Crippen molar-refractivity contribution in [3.8, 4) is 0 Å². The van der Waals surface area contributed by atoms with Crippen LogP contribution >= 0.6 is 39.1 Å². The molecule has 6 heteroatoms. The molecule has 0 aromatic heterocycles. The van der Waals surface area contributed by atoms with Crippen molar-refractivity contribution >= 4 is 50.8 Å². The van der Waals surface area contributed by atoms with Crippen molar-refractivity contribution in [2.75, 3.05) is 0 Å². The third kappa shape index (κ3) is 3.19. The number of hydrogen-bond acceptors (Lipinski definition) is 2. The number of primary amides is 1. The Balaban J connectivity index is 3.09. The lowest BCUT2D eigenvalue weighted by Gasteiger charge is -2.04. The molecule has 1 aromatic carbocycles. The van der Waals surface area contributed by atoms with Crippen LogP contribution in [0.1, 0.15) is 16.8 Å². The molecule has 0 saturated heterocycles. The first-order valence-electron chi connectivity index (χ1n) is 3.88. The van der Waals surface area contributed by atoms with Crippen molar-refractivity contribution in [3.63, 3.8) is 0 Å². The molecule has 0 aliphatic rings. The Morgan fingerprint density at radius 3 is 2.40 bits per heavy atom. The summed E-state index contributed by atoms with van der Waals surface area (Å²) in [5.74, 6) is -1.12. The molecule has 0 unspecified atom stereocenters. The van der Waals surface area contributed by atoms with E-state index in [1.807, 2.05) is 0 Å². The molecule has 0 heterocycles. The van der Waals surface area contributed by atoms with Crippen LogP contribution in [0.2, 0.25) is 10.0 Å². The summed E-state index contributed by atoms with van der Waals surface area (Å²) in [6.07, 6.45) is -0.367. The van der Waals surface area contributed by atoms with Gasteiger partial charge in [-0.3, -0.25) is 9.59 Å². The first kappa shape index (κ1) is 12.5. The van der Waals surface area contributed by atoms with Crippen molar-refractivity contribution in [3.05, 3.63) is 32.2 Å². The smallest absolute Gasteiger partial charge is 0.225 e. The Morgan fingerprint density at radius 2 is 1.87 bits per heavy atom. The van der Waals surface area contributed by atoms with E-state index in [1.165, 1.54) is 12.1 Å². The highest BCUT2D eigenvalue weighted by Crippen LogP contribution is 2.29. The summed E-state index contributed by atoms with van der Waals surface area (Å²) < 4.78 is 0.543. The molecule has 1 amide bonds. The van der Waals surface area contributed by atoms with E-state index < -0.39 is 11.7 Å². The van der Waals surface area contributed by atoms with Crippen molar-refractivity contribution in [2.45, 2.75) is 6.42 Å². The number of ketones is 1. The van der Waals surface area contributed by atoms with Gasteiger partial charge in [0, 0.05) is 10.0 Å². The molecule has 0 fully saturated rings. The average Bonchev–Trinajstić information content (AvgIpc) is 2.09. The van der Waals surface area contributed by atoms with Crippen LogP contribution in [0.5, 0.6) is 0 Å². The third-order valence-electron chi connectivity index (χ3n) is 1.65. The van der Waals surface area contributed by atoms with Gasteiger partial charge in [-0.25, -0.2) is 0 Å². The van der Waals surface area contributed by atoms with Crippen LogP contribution in [0.15, 0.2) is 16.6 Å². The summed E-state index contributed by atoms with van der Waals surface area (Å²) in [6, 6.07) is 2.90. The normalized spacial score (nSPS) is 10.1. The largest absolute Gasteiger partial charge is 0.369 e. The van der Waals surface area contributed by atoms with E-state index in [4.69, 9.17) is 28.9 Å². The number of halogens is 3. The van der Waals surface area contributed by atoms with E-state index in [1.54, 1.807) is 0 Å². The van der Waals surface area contributed by atoms with Gasteiger partial charge in [-0.15, -0.1) is 0 Å². The van der Waals surface area contributed by atoms with Crippen LogP contribution in [-0.2, 0) is 4.79 Å². The van der Waals surface area contributed by atoms with E-state index in [9.17, 15) is 9.59 Å². The Morgan fingerprint density at radius 1 is 1.27 bits per heavy atom. The zero-order valence-corrected chi connectivity index (χ0v) is 10.5. The molecule has 15 heavy (non-hydrogen) atoms. The predicted molar refractivity (Wildman–Crippen MR) is 62.3 cm³/mol. The van der Waals surface area contributed by atoms with Gasteiger partial charge in [-0.1, -0.05) is 23.2 Å². The van der Waals surface area contributed by atoms with Gasteiger partial charge >= 0.3 is 0 Å². The van der Waals surface area contributed by atoms with Crippen LogP contribution < -0.4 is 5.73 Å². The van der Waals surface area contributed by atoms with E-state index in [-0.39, 0.29) is 17.0 Å². The van der Waals surface area contributed by atoms with Crippen molar-refractivity contribution in [1.29, 1.82) is 0 Å². The number of nitrogens with two attached hydrogens (primary N) is 1. The second-order valence-corrected chi connectivity index (χ2v) is 4.48. The quantitative estimate of drug-likeness (QED) is 0.530. The highest BCUT2D eigenvalue weighted by Gasteiger charge is 2.14. The average molecular weight is 311 g/mol. The second kappa shape index (κ2) is 4.96. The second-order valence-electron chi connectivity index (χ2n) is 2.81. The summed E-state index contributed by atoms with van der Waals surface area (Å²) in [4.78, 5) is 22.1. The molecule has 2 N–H and O–H groups in total. The monoisotopic (exact) mass is 309 g/mol. The number of benzene rings is 1. The number of Topliss-reactive ketones (excluding diaryl/α,β-unsaturated/α-hetero) is 1. The number of carbonyl (C=O) groups is 2. The van der Waals surface area contributed by atoms with Crippen LogP contribution in [0.25, 0.3) is 0 Å². The minimum Gasteiger partial charge on any atom is -0.369 e. The number of amides is 1. The van der Waals surface area contributed by atoms with Gasteiger partial charge in [0.1, 0.15) is 0 Å². The molecule has 0 atom stereocenters. The van der Waals surface area contributed by atoms with Gasteiger partial charge in [-0.05, 0) is 28.1 Å². The number of hydrogen-bond donors (Lipinski definition) is 1. The fourth-order valence-corrected chi connectivity index (χ4v) is 1.82. The zero-order chi connectivity index (χ0) is 11.6. The molecule has 1 rings (SSSR count). The van der Waals surface area contributed by atoms with Crippen molar-refractivity contribution in [1.82, 2.24) is 0 Å². The maximum Gasteiger partial charge on any atom is 0.225 e. The number of rotatable bonds is 3. The summed E-state index contributed by atoms with van der Waals surface area (Å²) >= 11 is 14.7. The first-order valence-corrected chi connectivity index (χ1v) is 5.42. The van der Waals surface area contributed by atoms with Gasteiger partial charge in [0.05, 0.1) is 16.5 Å². The molecule has 0 spiro atoms. The van der Waals surface area contributed by atoms with Crippen molar-refractivity contribution < 1.29 is 9.59 Å². The summed E-state index contributed by atoms with van der Waals surface area (Å²) in [7, 11) is 0. The summed E-state index contributed by atoms with van der Waals surface area (Å²) in [6.45, 7) is 0. The SMILES string of the molecule is NC(=O)CC(=O)c1cc(Br)c(Cl)cc1Cl. The van der Waals surface area contributed by atoms with Gasteiger partial charge in [0.2, 0.25) is 5.91 Å². The molecule has 80 valence electrons. The Hall–Kier alpha value is -0.580. The topological polar surface area (TPSA) is 60.2 Å². The van der Waals surface area contributed by atoms with E-state index in [0.717, 1.165) is 0 Å². The molecule has 0 bridgehead atoms. The molecule has 0 aliphatic carbocycles. The maximum absolute atomic E-state index is 11.5. The van der Waals surface area contributed by atoms with Crippen LogP contribution in [0, 0.1) is 0 Å². The Kier molecular flexibility index (Phi) is 4.13. The zero-order valence-electron chi connectivity index (χ0n) is 7.39. The molecule has 3 nitrogen and oxygen atoms in total. The molecule has 0 radical (unpaired) electrons. The minimum absolute atomic E-state index is 0.203. The maximum atomic E-state index is 11.5. The van der Waals surface area contributed by atoms with Gasteiger partial charge in [0.25, 0.3) is 0 Å². The lowest BCUT2D eigenvalue weighted by molar-refractivity contribution is -0.117. The standard InChI is InChI=1S/C9H6BrCl2NO2/c10-5-1-4(6(11)2-7(5)12)8(14)3-9(13)15/h1-2H,3H2,(H2,13,15). The van der Waals surface area contributed by atoms with E-state index >= 15 is 0 Å². The highest BCUT2D eigenvalue weighted by atomic mass is 79.9. The van der Waals surface area contributed by atoms with E-state index in [0.29, 0.717) is 9.50 Å². The fourth-order valence-electron chi connectivity index (χ4n) is 0.990.